The van der Waals surface area contributed by atoms with Crippen LogP contribution in [-0.4, -0.2) is 26.2 Å². The Morgan fingerprint density at radius 1 is 0.778 bits per heavy atom. The predicted octanol–water partition coefficient (Wildman–Crippen LogP) is 4.71. The zero-order chi connectivity index (χ0) is 18.9. The van der Waals surface area contributed by atoms with E-state index in [-0.39, 0.29) is 5.91 Å². The minimum absolute atomic E-state index is 0.165. The fourth-order valence-corrected chi connectivity index (χ4v) is 2.47. The van der Waals surface area contributed by atoms with Gasteiger partial charge in [0.2, 0.25) is 0 Å². The first-order valence-corrected chi connectivity index (χ1v) is 8.70. The Bertz CT molecular complexity index is 847. The topological polar surface area (TPSA) is 59.6 Å². The van der Waals surface area contributed by atoms with E-state index in [1.54, 1.807) is 31.4 Å². The van der Waals surface area contributed by atoms with Crippen LogP contribution in [-0.2, 0) is 4.74 Å². The van der Waals surface area contributed by atoms with Crippen LogP contribution in [0.1, 0.15) is 10.4 Å². The monoisotopic (exact) mass is 362 g/mol. The molecule has 0 bridgehead atoms. The number of rotatable bonds is 8. The average Bonchev–Trinajstić information content (AvgIpc) is 2.71. The van der Waals surface area contributed by atoms with Gasteiger partial charge in [0.1, 0.15) is 12.4 Å². The summed E-state index contributed by atoms with van der Waals surface area (Å²) in [6.45, 7) is 1.00. The van der Waals surface area contributed by atoms with Crippen LogP contribution >= 0.6 is 0 Å². The molecule has 0 saturated heterocycles. The van der Waals surface area contributed by atoms with Crippen LogP contribution in [0.2, 0.25) is 0 Å². The van der Waals surface area contributed by atoms with Gasteiger partial charge in [0.05, 0.1) is 6.61 Å². The second kappa shape index (κ2) is 9.40. The van der Waals surface area contributed by atoms with Gasteiger partial charge in [0, 0.05) is 29.7 Å². The molecule has 0 unspecified atom stereocenters. The molecule has 0 aliphatic rings. The quantitative estimate of drug-likeness (QED) is 0.570. The molecular formula is C22H22N2O3. The molecule has 27 heavy (non-hydrogen) atoms. The molecule has 0 fully saturated rings. The smallest absolute Gasteiger partial charge is 0.255 e. The molecule has 3 aromatic carbocycles. The first kappa shape index (κ1) is 18.5. The Kier molecular flexibility index (Phi) is 6.44. The first-order valence-electron chi connectivity index (χ1n) is 8.70. The van der Waals surface area contributed by atoms with Gasteiger partial charge in [-0.15, -0.1) is 0 Å². The maximum atomic E-state index is 12.4. The van der Waals surface area contributed by atoms with E-state index in [1.165, 1.54) is 0 Å². The molecule has 0 heterocycles. The van der Waals surface area contributed by atoms with Gasteiger partial charge in [0.25, 0.3) is 5.91 Å². The van der Waals surface area contributed by atoms with Crippen molar-refractivity contribution in [1.82, 2.24) is 0 Å². The molecule has 1 amide bonds. The van der Waals surface area contributed by atoms with Crippen molar-refractivity contribution in [1.29, 1.82) is 0 Å². The number of anilines is 3. The summed E-state index contributed by atoms with van der Waals surface area (Å²) >= 11 is 0. The third-order valence-corrected chi connectivity index (χ3v) is 3.88. The highest BCUT2D eigenvalue weighted by Gasteiger charge is 2.06. The lowest BCUT2D eigenvalue weighted by Crippen LogP contribution is -2.12. The average molecular weight is 362 g/mol. The molecule has 5 nitrogen and oxygen atoms in total. The van der Waals surface area contributed by atoms with Crippen molar-refractivity contribution >= 4 is 23.0 Å². The molecule has 138 valence electrons. The lowest BCUT2D eigenvalue weighted by molar-refractivity contribution is 0.102. The minimum atomic E-state index is -0.165. The van der Waals surface area contributed by atoms with E-state index in [9.17, 15) is 4.79 Å². The molecule has 0 atom stereocenters. The van der Waals surface area contributed by atoms with Gasteiger partial charge in [-0.1, -0.05) is 18.2 Å². The molecule has 0 aromatic heterocycles. The second-order valence-electron chi connectivity index (χ2n) is 5.89. The SMILES string of the molecule is COCCOc1ccc(C(=O)Nc2ccc(Nc3ccccc3)cc2)cc1. The normalized spacial score (nSPS) is 10.3. The Hall–Kier alpha value is -3.31. The number of carbonyl (C=O) groups excluding carboxylic acids is 1. The van der Waals surface area contributed by atoms with Crippen molar-refractivity contribution in [3.05, 3.63) is 84.4 Å². The van der Waals surface area contributed by atoms with Crippen LogP contribution < -0.4 is 15.4 Å². The number of methoxy groups -OCH3 is 1. The molecule has 0 aliphatic heterocycles. The molecule has 3 aromatic rings. The van der Waals surface area contributed by atoms with E-state index in [2.05, 4.69) is 10.6 Å². The van der Waals surface area contributed by atoms with Crippen molar-refractivity contribution in [2.45, 2.75) is 0 Å². The van der Waals surface area contributed by atoms with Crippen molar-refractivity contribution < 1.29 is 14.3 Å². The predicted molar refractivity (Wildman–Crippen MR) is 108 cm³/mol. The van der Waals surface area contributed by atoms with Crippen LogP contribution in [0, 0.1) is 0 Å². The number of nitrogens with one attached hydrogen (secondary N) is 2. The standard InChI is InChI=1S/C22H22N2O3/c1-26-15-16-27-21-13-7-17(8-14-21)22(25)24-20-11-9-19(10-12-20)23-18-5-3-2-4-6-18/h2-14,23H,15-16H2,1H3,(H,24,25). The third-order valence-electron chi connectivity index (χ3n) is 3.88. The molecular weight excluding hydrogens is 340 g/mol. The fourth-order valence-electron chi connectivity index (χ4n) is 2.47. The number of carbonyl (C=O) groups is 1. The number of benzene rings is 3. The Morgan fingerprint density at radius 3 is 2.07 bits per heavy atom. The summed E-state index contributed by atoms with van der Waals surface area (Å²) in [5, 5.41) is 6.20. The van der Waals surface area contributed by atoms with E-state index in [0.29, 0.717) is 24.5 Å². The molecule has 5 heteroatoms. The van der Waals surface area contributed by atoms with E-state index in [4.69, 9.17) is 9.47 Å². The summed E-state index contributed by atoms with van der Waals surface area (Å²) in [4.78, 5) is 12.4. The van der Waals surface area contributed by atoms with Crippen LogP contribution in [0.5, 0.6) is 5.75 Å². The second-order valence-corrected chi connectivity index (χ2v) is 5.89. The Morgan fingerprint density at radius 2 is 1.41 bits per heavy atom. The molecule has 0 spiro atoms. The Balaban J connectivity index is 1.55. The largest absolute Gasteiger partial charge is 0.491 e. The summed E-state index contributed by atoms with van der Waals surface area (Å²) in [5.74, 6) is 0.544. The van der Waals surface area contributed by atoms with Crippen LogP contribution in [0.4, 0.5) is 17.1 Å². The van der Waals surface area contributed by atoms with Crippen LogP contribution in [0.3, 0.4) is 0 Å². The molecule has 0 radical (unpaired) electrons. The van der Waals surface area contributed by atoms with Crippen molar-refractivity contribution in [3.63, 3.8) is 0 Å². The van der Waals surface area contributed by atoms with E-state index < -0.39 is 0 Å². The van der Waals surface area contributed by atoms with Gasteiger partial charge in [-0.05, 0) is 60.7 Å². The summed E-state index contributed by atoms with van der Waals surface area (Å²) in [6.07, 6.45) is 0. The molecule has 3 rings (SSSR count). The maximum absolute atomic E-state index is 12.4. The van der Waals surface area contributed by atoms with Gasteiger partial charge < -0.3 is 20.1 Å². The van der Waals surface area contributed by atoms with Crippen molar-refractivity contribution in [3.8, 4) is 5.75 Å². The number of amides is 1. The molecule has 0 saturated carbocycles. The zero-order valence-corrected chi connectivity index (χ0v) is 15.1. The highest BCUT2D eigenvalue weighted by Crippen LogP contribution is 2.19. The Labute approximate surface area is 158 Å². The highest BCUT2D eigenvalue weighted by molar-refractivity contribution is 6.04. The van der Waals surface area contributed by atoms with Crippen molar-refractivity contribution in [2.75, 3.05) is 31.0 Å². The maximum Gasteiger partial charge on any atom is 0.255 e. The first-order chi connectivity index (χ1) is 13.2. The summed E-state index contributed by atoms with van der Waals surface area (Å²) in [7, 11) is 1.63. The highest BCUT2D eigenvalue weighted by atomic mass is 16.5. The van der Waals surface area contributed by atoms with E-state index >= 15 is 0 Å². The molecule has 2 N–H and O–H groups in total. The van der Waals surface area contributed by atoms with Crippen LogP contribution in [0.15, 0.2) is 78.9 Å². The summed E-state index contributed by atoms with van der Waals surface area (Å²) in [6, 6.07) is 24.5. The summed E-state index contributed by atoms with van der Waals surface area (Å²) in [5.41, 5.74) is 3.28. The lowest BCUT2D eigenvalue weighted by atomic mass is 10.2. The van der Waals surface area contributed by atoms with Gasteiger partial charge in [-0.3, -0.25) is 4.79 Å². The number of para-hydroxylation sites is 1. The number of ether oxygens (including phenoxy) is 2. The van der Waals surface area contributed by atoms with E-state index in [0.717, 1.165) is 17.1 Å². The number of hydrogen-bond donors (Lipinski definition) is 2. The van der Waals surface area contributed by atoms with Gasteiger partial charge in [-0.2, -0.15) is 0 Å². The van der Waals surface area contributed by atoms with Crippen molar-refractivity contribution in [2.24, 2.45) is 0 Å². The van der Waals surface area contributed by atoms with E-state index in [1.807, 2.05) is 54.6 Å². The number of hydrogen-bond acceptors (Lipinski definition) is 4. The minimum Gasteiger partial charge on any atom is -0.491 e. The molecule has 0 aliphatic carbocycles. The third kappa shape index (κ3) is 5.59. The summed E-state index contributed by atoms with van der Waals surface area (Å²) < 4.78 is 10.4. The van der Waals surface area contributed by atoms with Gasteiger partial charge in [-0.25, -0.2) is 0 Å². The van der Waals surface area contributed by atoms with Gasteiger partial charge in [0.15, 0.2) is 0 Å². The lowest BCUT2D eigenvalue weighted by Gasteiger charge is -2.09. The fraction of sp³-hybridized carbons (Fsp3) is 0.136. The zero-order valence-electron chi connectivity index (χ0n) is 15.1. The van der Waals surface area contributed by atoms with Crippen LogP contribution in [0.25, 0.3) is 0 Å². The van der Waals surface area contributed by atoms with Gasteiger partial charge >= 0.3 is 0 Å².